The first-order valence-corrected chi connectivity index (χ1v) is 20.7. The number of nitrogens with zero attached hydrogens (tertiary/aromatic N) is 3. The largest absolute Gasteiger partial charge is 0.490 e. The first kappa shape index (κ1) is 36.1. The molecule has 46 heavy (non-hydrogen) atoms. The van der Waals surface area contributed by atoms with Gasteiger partial charge in [-0.05, 0) is 23.4 Å². The Morgan fingerprint density at radius 3 is 2.61 bits per heavy atom. The molecule has 0 spiro atoms. The van der Waals surface area contributed by atoms with Crippen LogP contribution in [0.4, 0.5) is 5.95 Å². The highest BCUT2D eigenvalue weighted by Crippen LogP contribution is 2.66. The molecule has 2 aromatic rings. The molecule has 2 fully saturated rings. The lowest BCUT2D eigenvalue weighted by Crippen LogP contribution is -2.29. The Labute approximate surface area is 271 Å². The van der Waals surface area contributed by atoms with Crippen molar-refractivity contribution in [3.63, 3.8) is 0 Å². The summed E-state index contributed by atoms with van der Waals surface area (Å²) in [4.78, 5) is 59.7. The van der Waals surface area contributed by atoms with E-state index in [1.54, 1.807) is 10.8 Å². The van der Waals surface area contributed by atoms with Crippen LogP contribution >= 0.6 is 45.1 Å². The van der Waals surface area contributed by atoms with Crippen molar-refractivity contribution in [2.24, 2.45) is 17.8 Å². The minimum Gasteiger partial charge on any atom is -0.369 e. The smallest absolute Gasteiger partial charge is 0.369 e. The molecule has 6 unspecified atom stereocenters. The van der Waals surface area contributed by atoms with Crippen molar-refractivity contribution in [2.75, 3.05) is 18.3 Å². The molecule has 0 amide bonds. The van der Waals surface area contributed by atoms with Gasteiger partial charge < -0.3 is 34.8 Å². The number of anilines is 1. The fraction of sp³-hybridized carbons (Fsp3) is 0.682. The van der Waals surface area contributed by atoms with E-state index in [-0.39, 0.29) is 34.1 Å². The number of imidazole rings is 1. The van der Waals surface area contributed by atoms with E-state index in [1.165, 1.54) is 21.7 Å². The lowest BCUT2D eigenvalue weighted by atomic mass is 9.58. The monoisotopic (exact) mass is 742 g/mol. The lowest BCUT2D eigenvalue weighted by Gasteiger charge is -2.26. The summed E-state index contributed by atoms with van der Waals surface area (Å²) in [6.07, 6.45) is 1.98. The summed E-state index contributed by atoms with van der Waals surface area (Å²) in [7, 11) is -11.3. The minimum atomic E-state index is -5.71. The molecule has 24 heteroatoms. The van der Waals surface area contributed by atoms with E-state index >= 15 is 0 Å². The van der Waals surface area contributed by atoms with Crippen LogP contribution in [0.5, 0.6) is 0 Å². The van der Waals surface area contributed by atoms with Gasteiger partial charge in [-0.1, -0.05) is 53.6 Å². The van der Waals surface area contributed by atoms with E-state index in [1.807, 2.05) is 0 Å². The zero-order valence-electron chi connectivity index (χ0n) is 24.4. The van der Waals surface area contributed by atoms with Gasteiger partial charge in [-0.3, -0.25) is 18.9 Å². The standard InChI is InChI=1S/C22H32BN5O13P3S2/c1-22(2,23-8-14-6-12-3-4-13(14)5-12)46-45-11-37-15-7-17(28-10-25-18-19(28)26-21(24)27-20(18)29)39-16(15)9-38-43(33,34)41-44(35,36)40-42(30,31)32/h10,12-17H,5-9,11H2,1-2H3,(H,33,34)(H,35,36)(H2,30,31,32)(H3,24,26,27,29)/t12?,13?,14?,15-,16?,17-/m1/s1. The van der Waals surface area contributed by atoms with Crippen LogP contribution in [0.25, 0.3) is 11.2 Å². The quantitative estimate of drug-likeness (QED) is 0.0360. The molecule has 1 radical (unpaired) electrons. The molecule has 3 aliphatic rings. The fourth-order valence-electron chi connectivity index (χ4n) is 5.49. The predicted molar refractivity (Wildman–Crippen MR) is 168 cm³/mol. The van der Waals surface area contributed by atoms with Gasteiger partial charge in [-0.25, -0.2) is 18.7 Å². The summed E-state index contributed by atoms with van der Waals surface area (Å²) in [5.74, 6) is 8.22. The SMILES string of the molecule is CC(C)([B]CC1CC2C#CC1C2)SSCO[C@@H]1C[C@H](n2cnc3c(=O)[nH]c(N)nc32)OC1COP(=O)(O)OP(=O)(O)OP(=O)(O)O. The topological polar surface area (TPSA) is 268 Å². The summed E-state index contributed by atoms with van der Waals surface area (Å²) in [6.45, 7) is 3.49. The van der Waals surface area contributed by atoms with Crippen LogP contribution in [0.1, 0.15) is 39.3 Å². The number of H-pyrrole nitrogens is 1. The Morgan fingerprint density at radius 2 is 1.93 bits per heavy atom. The van der Waals surface area contributed by atoms with E-state index in [9.17, 15) is 28.3 Å². The van der Waals surface area contributed by atoms with Crippen LogP contribution in [0.2, 0.25) is 6.32 Å². The first-order valence-electron chi connectivity index (χ1n) is 13.8. The maximum Gasteiger partial charge on any atom is 0.490 e. The average Bonchev–Trinajstić information content (AvgIpc) is 3.70. The maximum atomic E-state index is 12.4. The normalized spacial score (nSPS) is 28.6. The molecule has 3 heterocycles. The molecule has 1 saturated heterocycles. The zero-order chi connectivity index (χ0) is 33.5. The fourth-order valence-corrected chi connectivity index (χ4v) is 10.7. The number of aromatic amines is 1. The third-order valence-corrected chi connectivity index (χ3v) is 14.1. The molecule has 253 valence electrons. The highest BCUT2D eigenvalue weighted by atomic mass is 33.1. The van der Waals surface area contributed by atoms with E-state index < -0.39 is 54.1 Å². The molecule has 8 atom stereocenters. The van der Waals surface area contributed by atoms with E-state index in [0.29, 0.717) is 17.8 Å². The second kappa shape index (κ2) is 14.0. The van der Waals surface area contributed by atoms with Crippen LogP contribution in [0.15, 0.2) is 11.1 Å². The molecule has 18 nitrogen and oxygen atoms in total. The van der Waals surface area contributed by atoms with Crippen LogP contribution in [-0.2, 0) is 36.3 Å². The molecule has 0 aromatic carbocycles. The Bertz CT molecular complexity index is 1710. The Morgan fingerprint density at radius 1 is 1.17 bits per heavy atom. The van der Waals surface area contributed by atoms with Gasteiger partial charge in [0.2, 0.25) is 5.95 Å². The summed E-state index contributed by atoms with van der Waals surface area (Å²) in [5, 5.41) is 0. The third kappa shape index (κ3) is 9.49. The summed E-state index contributed by atoms with van der Waals surface area (Å²) in [6, 6.07) is 0. The Kier molecular flexibility index (Phi) is 11.0. The molecule has 5 rings (SSSR count). The second-order valence-corrected chi connectivity index (χ2v) is 18.7. The van der Waals surface area contributed by atoms with E-state index in [2.05, 4.69) is 56.5 Å². The number of nitrogens with two attached hydrogens (primary N) is 1. The van der Waals surface area contributed by atoms with Gasteiger partial charge in [0.05, 0.1) is 19.0 Å². The van der Waals surface area contributed by atoms with E-state index in [0.717, 1.165) is 19.2 Å². The second-order valence-electron chi connectivity index (χ2n) is 11.4. The third-order valence-electron chi connectivity index (χ3n) is 7.44. The maximum absolute atomic E-state index is 12.4. The number of aromatic nitrogens is 4. The van der Waals surface area contributed by atoms with Gasteiger partial charge in [0.15, 0.2) is 11.2 Å². The van der Waals surface area contributed by atoms with Gasteiger partial charge in [0.1, 0.15) is 25.6 Å². The van der Waals surface area contributed by atoms with Gasteiger partial charge in [-0.15, -0.1) is 0 Å². The number of phosphoric acid groups is 3. The van der Waals surface area contributed by atoms with E-state index in [4.69, 9.17) is 29.5 Å². The summed E-state index contributed by atoms with van der Waals surface area (Å²) < 4.78 is 60.7. The molecule has 1 aliphatic heterocycles. The lowest BCUT2D eigenvalue weighted by molar-refractivity contribution is -0.0522. The van der Waals surface area contributed by atoms with Crippen molar-refractivity contribution in [2.45, 2.75) is 62.5 Å². The highest BCUT2D eigenvalue weighted by molar-refractivity contribution is 8.77. The summed E-state index contributed by atoms with van der Waals surface area (Å²) >= 11 is 0. The van der Waals surface area contributed by atoms with Gasteiger partial charge in [0.25, 0.3) is 5.56 Å². The van der Waals surface area contributed by atoms with Gasteiger partial charge in [0, 0.05) is 18.3 Å². The number of hydrogen-bond acceptors (Lipinski definition) is 14. The van der Waals surface area contributed by atoms with Crippen molar-refractivity contribution in [1.29, 1.82) is 0 Å². The first-order chi connectivity index (χ1) is 21.4. The molecule has 2 aromatic heterocycles. The van der Waals surface area contributed by atoms with Gasteiger partial charge >= 0.3 is 23.5 Å². The number of nitrogens with one attached hydrogen (secondary N) is 1. The van der Waals surface area contributed by atoms with Crippen LogP contribution in [-0.4, -0.2) is 75.8 Å². The number of phosphoric ester groups is 1. The number of rotatable bonds is 16. The number of fused-ring (bicyclic) bond motifs is 3. The predicted octanol–water partition coefficient (Wildman–Crippen LogP) is 2.57. The van der Waals surface area contributed by atoms with Crippen molar-refractivity contribution in [3.05, 3.63) is 16.7 Å². The molecule has 2 aliphatic carbocycles. The molecular formula is C22H32BN5O13P3S2. The van der Waals surface area contributed by atoms with Crippen LogP contribution in [0.3, 0.4) is 0 Å². The number of nitrogen functional groups attached to an aromatic ring is 1. The molecule has 7 N–H and O–H groups in total. The zero-order valence-corrected chi connectivity index (χ0v) is 28.7. The number of ether oxygens (including phenoxy) is 2. The van der Waals surface area contributed by atoms with Gasteiger partial charge in [-0.2, -0.15) is 13.6 Å². The van der Waals surface area contributed by atoms with Crippen molar-refractivity contribution < 1.29 is 55.9 Å². The Balaban J connectivity index is 1.21. The molecular weight excluding hydrogens is 710 g/mol. The number of hydrogen-bond donors (Lipinski definition) is 6. The molecule has 2 bridgehead atoms. The highest BCUT2D eigenvalue weighted by Gasteiger charge is 2.44. The summed E-state index contributed by atoms with van der Waals surface area (Å²) in [5.41, 5.74) is 5.23. The average molecular weight is 742 g/mol. The molecule has 1 saturated carbocycles. The van der Waals surface area contributed by atoms with Crippen molar-refractivity contribution >= 4 is 69.4 Å². The van der Waals surface area contributed by atoms with Crippen molar-refractivity contribution in [3.8, 4) is 11.8 Å². The van der Waals surface area contributed by atoms with Crippen LogP contribution in [0, 0.1) is 29.6 Å². The Hall–Kier alpha value is -1.20. The van der Waals surface area contributed by atoms with Crippen molar-refractivity contribution in [1.82, 2.24) is 19.5 Å². The minimum absolute atomic E-state index is 0.00473. The van der Waals surface area contributed by atoms with Crippen LogP contribution < -0.4 is 11.3 Å².